The smallest absolute Gasteiger partial charge is 0.195 e. The Bertz CT molecular complexity index is 849. The van der Waals surface area contributed by atoms with Crippen molar-refractivity contribution in [3.8, 4) is 0 Å². The number of hydrogen-bond acceptors (Lipinski definition) is 4. The van der Waals surface area contributed by atoms with Gasteiger partial charge >= 0.3 is 0 Å². The van der Waals surface area contributed by atoms with E-state index in [-0.39, 0.29) is 22.9 Å². The summed E-state index contributed by atoms with van der Waals surface area (Å²) in [6.07, 6.45) is 1.52. The molecule has 0 bridgehead atoms. The van der Waals surface area contributed by atoms with E-state index in [0.29, 0.717) is 11.1 Å². The van der Waals surface area contributed by atoms with E-state index in [0.717, 1.165) is 11.1 Å². The van der Waals surface area contributed by atoms with Gasteiger partial charge < -0.3 is 15.9 Å². The minimum Gasteiger partial charge on any atom is -0.510 e. The molecule has 2 aromatic rings. The first-order valence-electron chi connectivity index (χ1n) is 7.29. The molecule has 1 unspecified atom stereocenters. The Labute approximate surface area is 134 Å². The van der Waals surface area contributed by atoms with Gasteiger partial charge in [0.15, 0.2) is 5.78 Å². The van der Waals surface area contributed by atoms with Crippen molar-refractivity contribution in [1.82, 2.24) is 0 Å². The van der Waals surface area contributed by atoms with Gasteiger partial charge in [0.2, 0.25) is 0 Å². The summed E-state index contributed by atoms with van der Waals surface area (Å²) in [5.41, 5.74) is 8.68. The highest BCUT2D eigenvalue weighted by atomic mass is 16.3. The van der Waals surface area contributed by atoms with Gasteiger partial charge in [-0.15, -0.1) is 0 Å². The molecular formula is C19H17NO3. The molecular weight excluding hydrogens is 290 g/mol. The number of benzene rings is 2. The quantitative estimate of drug-likeness (QED) is 0.759. The number of hydrogen-bond donors (Lipinski definition) is 3. The average molecular weight is 307 g/mol. The largest absolute Gasteiger partial charge is 0.510 e. The number of carbonyl (C=O) groups excluding carboxylic acids is 1. The zero-order valence-corrected chi connectivity index (χ0v) is 12.7. The van der Waals surface area contributed by atoms with Gasteiger partial charge in [-0.25, -0.2) is 0 Å². The van der Waals surface area contributed by atoms with Gasteiger partial charge in [-0.3, -0.25) is 4.79 Å². The molecule has 0 saturated carbocycles. The number of carbonyl (C=O) groups is 1. The number of aryl methyl sites for hydroxylation is 1. The molecule has 3 rings (SSSR count). The molecule has 1 aliphatic carbocycles. The minimum atomic E-state index is -1.07. The first-order chi connectivity index (χ1) is 11.0. The molecule has 0 spiro atoms. The maximum Gasteiger partial charge on any atom is 0.195 e. The van der Waals surface area contributed by atoms with Gasteiger partial charge in [-0.05, 0) is 24.1 Å². The molecule has 0 fully saturated rings. The third-order valence-electron chi connectivity index (χ3n) is 4.05. The van der Waals surface area contributed by atoms with Crippen LogP contribution in [0.15, 0.2) is 59.9 Å². The first kappa shape index (κ1) is 15.1. The summed E-state index contributed by atoms with van der Waals surface area (Å²) < 4.78 is 0. The number of rotatable bonds is 3. The van der Waals surface area contributed by atoms with Crippen LogP contribution in [0.2, 0.25) is 0 Å². The summed E-state index contributed by atoms with van der Waals surface area (Å²) in [7, 11) is 0. The van der Waals surface area contributed by atoms with Crippen molar-refractivity contribution in [2.75, 3.05) is 0 Å². The average Bonchev–Trinajstić information content (AvgIpc) is 2.81. The van der Waals surface area contributed by atoms with E-state index in [9.17, 15) is 15.0 Å². The molecule has 0 saturated heterocycles. The molecule has 23 heavy (non-hydrogen) atoms. The Kier molecular flexibility index (Phi) is 3.76. The van der Waals surface area contributed by atoms with E-state index >= 15 is 0 Å². The van der Waals surface area contributed by atoms with Crippen molar-refractivity contribution < 1.29 is 15.0 Å². The fourth-order valence-electron chi connectivity index (χ4n) is 2.72. The Hall–Kier alpha value is -2.85. The predicted molar refractivity (Wildman–Crippen MR) is 90.1 cm³/mol. The lowest BCUT2D eigenvalue weighted by molar-refractivity contribution is 0.103. The van der Waals surface area contributed by atoms with E-state index in [2.05, 4.69) is 0 Å². The Morgan fingerprint density at radius 1 is 1.09 bits per heavy atom. The molecule has 2 aromatic carbocycles. The zero-order valence-electron chi connectivity index (χ0n) is 12.7. The highest BCUT2D eigenvalue weighted by Crippen LogP contribution is 2.33. The van der Waals surface area contributed by atoms with Crippen LogP contribution in [-0.4, -0.2) is 22.0 Å². The number of aliphatic hydroxyl groups is 2. The third-order valence-corrected chi connectivity index (χ3v) is 4.05. The van der Waals surface area contributed by atoms with Crippen molar-refractivity contribution in [2.45, 2.75) is 13.0 Å². The maximum atomic E-state index is 12.4. The van der Waals surface area contributed by atoms with Crippen LogP contribution in [0, 0.1) is 6.92 Å². The number of aliphatic hydroxyl groups excluding tert-OH is 2. The predicted octanol–water partition coefficient (Wildman–Crippen LogP) is 3.39. The van der Waals surface area contributed by atoms with Crippen LogP contribution in [0.25, 0.3) is 11.8 Å². The zero-order chi connectivity index (χ0) is 16.6. The van der Waals surface area contributed by atoms with Crippen molar-refractivity contribution in [1.29, 1.82) is 0 Å². The third kappa shape index (κ3) is 2.53. The highest BCUT2D eigenvalue weighted by molar-refractivity contribution is 6.20. The molecule has 4 nitrogen and oxygen atoms in total. The second-order valence-corrected chi connectivity index (χ2v) is 5.54. The number of nitrogens with two attached hydrogens (primary N) is 1. The second kappa shape index (κ2) is 5.74. The van der Waals surface area contributed by atoms with Gasteiger partial charge in [-0.2, -0.15) is 0 Å². The van der Waals surface area contributed by atoms with Gasteiger partial charge in [-0.1, -0.05) is 48.5 Å². The Morgan fingerprint density at radius 3 is 2.35 bits per heavy atom. The molecule has 4 N–H and O–H groups in total. The molecule has 0 amide bonds. The minimum absolute atomic E-state index is 0.0218. The molecule has 4 heteroatoms. The van der Waals surface area contributed by atoms with E-state index in [4.69, 9.17) is 5.73 Å². The van der Waals surface area contributed by atoms with Crippen molar-refractivity contribution in [3.63, 3.8) is 0 Å². The van der Waals surface area contributed by atoms with Crippen LogP contribution in [-0.2, 0) is 0 Å². The lowest BCUT2D eigenvalue weighted by atomic mass is 9.99. The number of Topliss-reactive ketones (excluding diaryl/α,β-unsaturated/α-hetero) is 1. The van der Waals surface area contributed by atoms with Crippen molar-refractivity contribution in [3.05, 3.63) is 82.1 Å². The van der Waals surface area contributed by atoms with E-state index < -0.39 is 6.04 Å². The molecule has 0 aromatic heterocycles. The number of ketones is 1. The van der Waals surface area contributed by atoms with E-state index in [1.807, 2.05) is 31.2 Å². The molecule has 1 aliphatic rings. The summed E-state index contributed by atoms with van der Waals surface area (Å²) in [5.74, 6) is -0.680. The standard InChI is InChI=1S/C19H17NO3/c1-11-6-2-3-7-12(11)10-15(21)17(20)16-18(22)13-8-4-5-9-14(13)19(16)23/h2-10,17,21-22H,20H2,1H3/b15-10+. The Balaban J connectivity index is 1.98. The monoisotopic (exact) mass is 307 g/mol. The van der Waals surface area contributed by atoms with Crippen LogP contribution < -0.4 is 5.73 Å². The van der Waals surface area contributed by atoms with Crippen LogP contribution in [0.3, 0.4) is 0 Å². The number of fused-ring (bicyclic) bond motifs is 1. The van der Waals surface area contributed by atoms with Crippen LogP contribution >= 0.6 is 0 Å². The van der Waals surface area contributed by atoms with Crippen LogP contribution in [0.5, 0.6) is 0 Å². The fourth-order valence-corrected chi connectivity index (χ4v) is 2.72. The lowest BCUT2D eigenvalue weighted by Gasteiger charge is -2.12. The van der Waals surface area contributed by atoms with Crippen LogP contribution in [0.1, 0.15) is 27.0 Å². The van der Waals surface area contributed by atoms with E-state index in [1.165, 1.54) is 6.08 Å². The lowest BCUT2D eigenvalue weighted by Crippen LogP contribution is -2.28. The van der Waals surface area contributed by atoms with Crippen molar-refractivity contribution in [2.24, 2.45) is 5.73 Å². The summed E-state index contributed by atoms with van der Waals surface area (Å²) in [4.78, 5) is 12.4. The molecule has 0 heterocycles. The Morgan fingerprint density at radius 2 is 1.70 bits per heavy atom. The first-order valence-corrected chi connectivity index (χ1v) is 7.29. The normalized spacial score (nSPS) is 15.7. The molecule has 1 atom stereocenters. The summed E-state index contributed by atoms with van der Waals surface area (Å²) >= 11 is 0. The fraction of sp³-hybridized carbons (Fsp3) is 0.105. The maximum absolute atomic E-state index is 12.4. The molecule has 116 valence electrons. The van der Waals surface area contributed by atoms with Crippen LogP contribution in [0.4, 0.5) is 0 Å². The topological polar surface area (TPSA) is 83.6 Å². The SMILES string of the molecule is Cc1ccccc1/C=C(/O)C(N)C1=C(O)c2ccccc2C1=O. The van der Waals surface area contributed by atoms with Gasteiger partial charge in [0.25, 0.3) is 0 Å². The summed E-state index contributed by atoms with van der Waals surface area (Å²) in [5, 5.41) is 20.6. The van der Waals surface area contributed by atoms with Crippen molar-refractivity contribution >= 4 is 17.6 Å². The van der Waals surface area contributed by atoms with Gasteiger partial charge in [0.05, 0.1) is 11.6 Å². The second-order valence-electron chi connectivity index (χ2n) is 5.54. The molecule has 0 radical (unpaired) electrons. The molecule has 0 aliphatic heterocycles. The van der Waals surface area contributed by atoms with Gasteiger partial charge in [0.1, 0.15) is 11.5 Å². The summed E-state index contributed by atoms with van der Waals surface area (Å²) in [6, 6.07) is 13.2. The summed E-state index contributed by atoms with van der Waals surface area (Å²) in [6.45, 7) is 1.91. The highest BCUT2D eigenvalue weighted by Gasteiger charge is 2.34. The van der Waals surface area contributed by atoms with E-state index in [1.54, 1.807) is 24.3 Å². The van der Waals surface area contributed by atoms with Gasteiger partial charge in [0, 0.05) is 11.1 Å².